The van der Waals surface area contributed by atoms with Gasteiger partial charge in [-0.2, -0.15) is 0 Å². The molecule has 0 spiro atoms. The lowest BCUT2D eigenvalue weighted by Crippen LogP contribution is -2.16. The van der Waals surface area contributed by atoms with Crippen LogP contribution in [0.15, 0.2) is 18.2 Å². The fraction of sp³-hybridized carbons (Fsp3) is 0.500. The lowest BCUT2D eigenvalue weighted by Gasteiger charge is -2.12. The molecular formula is C14H17FO3. The topological polar surface area (TPSA) is 35.5 Å². The van der Waals surface area contributed by atoms with E-state index in [1.165, 1.54) is 12.1 Å². The largest absolute Gasteiger partial charge is 0.491 e. The Morgan fingerprint density at radius 3 is 3.00 bits per heavy atom. The molecule has 0 aliphatic carbocycles. The monoisotopic (exact) mass is 252 g/mol. The van der Waals surface area contributed by atoms with Crippen molar-refractivity contribution in [3.63, 3.8) is 0 Å². The van der Waals surface area contributed by atoms with Crippen LogP contribution in [-0.4, -0.2) is 25.1 Å². The second-order valence-corrected chi connectivity index (χ2v) is 4.40. The molecule has 0 N–H and O–H groups in total. The molecule has 2 rings (SSSR count). The lowest BCUT2D eigenvalue weighted by molar-refractivity contribution is 0.0678. The molecule has 1 aromatic rings. The number of ketones is 1. The van der Waals surface area contributed by atoms with Crippen LogP contribution in [0, 0.1) is 5.82 Å². The van der Waals surface area contributed by atoms with Gasteiger partial charge >= 0.3 is 0 Å². The second-order valence-electron chi connectivity index (χ2n) is 4.40. The van der Waals surface area contributed by atoms with Crippen molar-refractivity contribution in [2.45, 2.75) is 32.3 Å². The molecule has 1 atom stereocenters. The summed E-state index contributed by atoms with van der Waals surface area (Å²) < 4.78 is 24.3. The van der Waals surface area contributed by atoms with Gasteiger partial charge in [0.2, 0.25) is 0 Å². The Kier molecular flexibility index (Phi) is 4.31. The third-order valence-electron chi connectivity index (χ3n) is 2.97. The lowest BCUT2D eigenvalue weighted by atomic mass is 10.1. The Labute approximate surface area is 106 Å². The zero-order valence-electron chi connectivity index (χ0n) is 10.4. The molecule has 0 amide bonds. The molecule has 1 aliphatic rings. The van der Waals surface area contributed by atoms with Gasteiger partial charge in [0, 0.05) is 24.7 Å². The fourth-order valence-corrected chi connectivity index (χ4v) is 1.98. The van der Waals surface area contributed by atoms with Crippen LogP contribution in [-0.2, 0) is 4.74 Å². The SMILES string of the molecule is CCC(=O)c1cc(F)cc(OCC2CCCO2)c1. The highest BCUT2D eigenvalue weighted by molar-refractivity contribution is 5.96. The summed E-state index contributed by atoms with van der Waals surface area (Å²) in [7, 11) is 0. The van der Waals surface area contributed by atoms with Gasteiger partial charge in [0.25, 0.3) is 0 Å². The maximum atomic E-state index is 13.4. The van der Waals surface area contributed by atoms with Gasteiger partial charge in [-0.15, -0.1) is 0 Å². The van der Waals surface area contributed by atoms with Gasteiger partial charge in [-0.05, 0) is 25.0 Å². The summed E-state index contributed by atoms with van der Waals surface area (Å²) in [5.74, 6) is -0.143. The van der Waals surface area contributed by atoms with E-state index in [2.05, 4.69) is 0 Å². The number of rotatable bonds is 5. The van der Waals surface area contributed by atoms with Crippen LogP contribution in [0.5, 0.6) is 5.75 Å². The van der Waals surface area contributed by atoms with E-state index >= 15 is 0 Å². The molecule has 98 valence electrons. The van der Waals surface area contributed by atoms with Crippen molar-refractivity contribution in [2.75, 3.05) is 13.2 Å². The minimum absolute atomic E-state index is 0.0820. The molecule has 18 heavy (non-hydrogen) atoms. The van der Waals surface area contributed by atoms with Crippen molar-refractivity contribution in [1.29, 1.82) is 0 Å². The Morgan fingerprint density at radius 2 is 2.33 bits per heavy atom. The van der Waals surface area contributed by atoms with Crippen LogP contribution in [0.25, 0.3) is 0 Å². The van der Waals surface area contributed by atoms with Gasteiger partial charge in [0.1, 0.15) is 18.2 Å². The van der Waals surface area contributed by atoms with Crippen LogP contribution < -0.4 is 4.74 Å². The smallest absolute Gasteiger partial charge is 0.162 e. The number of ether oxygens (including phenoxy) is 2. The zero-order chi connectivity index (χ0) is 13.0. The van der Waals surface area contributed by atoms with Gasteiger partial charge in [0.05, 0.1) is 6.10 Å². The number of carbonyl (C=O) groups excluding carboxylic acids is 1. The number of hydrogen-bond acceptors (Lipinski definition) is 3. The van der Waals surface area contributed by atoms with Gasteiger partial charge < -0.3 is 9.47 Å². The average molecular weight is 252 g/mol. The van der Waals surface area contributed by atoms with Crippen LogP contribution >= 0.6 is 0 Å². The molecule has 1 unspecified atom stereocenters. The Balaban J connectivity index is 2.02. The number of halogens is 1. The summed E-state index contributed by atoms with van der Waals surface area (Å²) in [5, 5.41) is 0. The molecule has 1 aromatic carbocycles. The Bertz CT molecular complexity index is 425. The van der Waals surface area contributed by atoms with Gasteiger partial charge in [0.15, 0.2) is 5.78 Å². The van der Waals surface area contributed by atoms with E-state index in [1.54, 1.807) is 13.0 Å². The molecular weight excluding hydrogens is 235 g/mol. The number of benzene rings is 1. The zero-order valence-corrected chi connectivity index (χ0v) is 10.4. The summed E-state index contributed by atoms with van der Waals surface area (Å²) in [6, 6.07) is 4.12. The molecule has 3 nitrogen and oxygen atoms in total. The fourth-order valence-electron chi connectivity index (χ4n) is 1.98. The van der Waals surface area contributed by atoms with Crippen molar-refractivity contribution in [3.8, 4) is 5.75 Å². The first kappa shape index (κ1) is 13.0. The maximum Gasteiger partial charge on any atom is 0.162 e. The first-order chi connectivity index (χ1) is 8.69. The van der Waals surface area contributed by atoms with Crippen LogP contribution in [0.3, 0.4) is 0 Å². The third kappa shape index (κ3) is 3.29. The van der Waals surface area contributed by atoms with Crippen LogP contribution in [0.4, 0.5) is 4.39 Å². The summed E-state index contributed by atoms with van der Waals surface area (Å²) >= 11 is 0. The quantitative estimate of drug-likeness (QED) is 0.756. The standard InChI is InChI=1S/C14H17FO3/c1-2-14(16)10-6-11(15)8-13(7-10)18-9-12-4-3-5-17-12/h6-8,12H,2-5,9H2,1H3. The molecule has 0 radical (unpaired) electrons. The van der Waals surface area contributed by atoms with Crippen LogP contribution in [0.2, 0.25) is 0 Å². The summed E-state index contributed by atoms with van der Waals surface area (Å²) in [5.41, 5.74) is 0.361. The maximum absolute atomic E-state index is 13.4. The molecule has 0 saturated carbocycles. The van der Waals surface area contributed by atoms with E-state index in [0.717, 1.165) is 19.4 Å². The van der Waals surface area contributed by atoms with E-state index in [-0.39, 0.29) is 11.9 Å². The van der Waals surface area contributed by atoms with E-state index < -0.39 is 5.82 Å². The molecule has 1 saturated heterocycles. The van der Waals surface area contributed by atoms with Crippen molar-refractivity contribution in [3.05, 3.63) is 29.6 Å². The highest BCUT2D eigenvalue weighted by atomic mass is 19.1. The first-order valence-corrected chi connectivity index (χ1v) is 6.27. The van der Waals surface area contributed by atoms with Crippen LogP contribution in [0.1, 0.15) is 36.5 Å². The molecule has 4 heteroatoms. The number of Topliss-reactive ketones (excluding diaryl/α,β-unsaturated/α-hetero) is 1. The minimum atomic E-state index is -0.448. The van der Waals surface area contributed by atoms with E-state index in [4.69, 9.17) is 9.47 Å². The molecule has 1 heterocycles. The summed E-state index contributed by atoms with van der Waals surface area (Å²) in [4.78, 5) is 11.5. The summed E-state index contributed by atoms with van der Waals surface area (Å²) in [6.07, 6.45) is 2.44. The predicted octanol–water partition coefficient (Wildman–Crippen LogP) is 2.98. The number of hydrogen-bond donors (Lipinski definition) is 0. The van der Waals surface area contributed by atoms with E-state index in [0.29, 0.717) is 24.3 Å². The second kappa shape index (κ2) is 5.96. The van der Waals surface area contributed by atoms with Crippen molar-refractivity contribution >= 4 is 5.78 Å². The normalized spacial score (nSPS) is 18.9. The van der Waals surface area contributed by atoms with Crippen molar-refractivity contribution in [1.82, 2.24) is 0 Å². The highest BCUT2D eigenvalue weighted by Gasteiger charge is 2.16. The van der Waals surface area contributed by atoms with Gasteiger partial charge in [-0.1, -0.05) is 6.92 Å². The van der Waals surface area contributed by atoms with Gasteiger partial charge in [-0.3, -0.25) is 4.79 Å². The van der Waals surface area contributed by atoms with Crippen molar-refractivity contribution in [2.24, 2.45) is 0 Å². The highest BCUT2D eigenvalue weighted by Crippen LogP contribution is 2.20. The predicted molar refractivity (Wildman–Crippen MR) is 65.5 cm³/mol. The molecule has 0 aromatic heterocycles. The first-order valence-electron chi connectivity index (χ1n) is 6.27. The van der Waals surface area contributed by atoms with Crippen molar-refractivity contribution < 1.29 is 18.7 Å². The Hall–Kier alpha value is -1.42. The Morgan fingerprint density at radius 1 is 1.50 bits per heavy atom. The average Bonchev–Trinajstić information content (AvgIpc) is 2.88. The molecule has 0 bridgehead atoms. The molecule has 1 aliphatic heterocycles. The molecule has 1 fully saturated rings. The third-order valence-corrected chi connectivity index (χ3v) is 2.97. The van der Waals surface area contributed by atoms with E-state index in [9.17, 15) is 9.18 Å². The summed E-state index contributed by atoms with van der Waals surface area (Å²) in [6.45, 7) is 2.92. The van der Waals surface area contributed by atoms with Gasteiger partial charge in [-0.25, -0.2) is 4.39 Å². The number of carbonyl (C=O) groups is 1. The van der Waals surface area contributed by atoms with E-state index in [1.807, 2.05) is 0 Å². The minimum Gasteiger partial charge on any atom is -0.491 e.